The van der Waals surface area contributed by atoms with Gasteiger partial charge in [-0.1, -0.05) is 38.3 Å². The van der Waals surface area contributed by atoms with E-state index in [4.69, 9.17) is 4.74 Å². The molecule has 0 atom stereocenters. The fourth-order valence-corrected chi connectivity index (χ4v) is 5.37. The Labute approximate surface area is 174 Å². The van der Waals surface area contributed by atoms with Gasteiger partial charge in [-0.3, -0.25) is 9.88 Å². The minimum atomic E-state index is -3.62. The molecule has 1 fully saturated rings. The van der Waals surface area contributed by atoms with E-state index in [0.29, 0.717) is 23.5 Å². The number of unbranched alkanes of at least 4 members (excludes halogenated alkanes) is 3. The number of fused-ring (bicyclic) bond motifs is 1. The van der Waals surface area contributed by atoms with E-state index in [1.807, 2.05) is 25.1 Å². The van der Waals surface area contributed by atoms with Gasteiger partial charge < -0.3 is 4.74 Å². The summed E-state index contributed by atoms with van der Waals surface area (Å²) in [5.41, 5.74) is 1.58. The van der Waals surface area contributed by atoms with Gasteiger partial charge in [-0.2, -0.15) is 4.31 Å². The highest BCUT2D eigenvalue weighted by atomic mass is 32.2. The lowest BCUT2D eigenvalue weighted by Crippen LogP contribution is -2.43. The summed E-state index contributed by atoms with van der Waals surface area (Å²) in [5.74, 6) is 0. The molecule has 0 spiro atoms. The SMILES string of the molecule is CCCCCCN(CCN1CCOCC1)S(=O)(=O)c1cccc2cc(C)cnc12. The normalized spacial score (nSPS) is 16.0. The molecule has 3 rings (SSSR count). The van der Waals surface area contributed by atoms with Crippen molar-refractivity contribution < 1.29 is 13.2 Å². The Morgan fingerprint density at radius 2 is 1.93 bits per heavy atom. The summed E-state index contributed by atoms with van der Waals surface area (Å²) in [6.45, 7) is 9.06. The number of para-hydroxylation sites is 1. The van der Waals surface area contributed by atoms with E-state index in [0.717, 1.165) is 69.5 Å². The van der Waals surface area contributed by atoms with Crippen LogP contribution in [0, 0.1) is 6.92 Å². The van der Waals surface area contributed by atoms with Gasteiger partial charge >= 0.3 is 0 Å². The highest BCUT2D eigenvalue weighted by Crippen LogP contribution is 2.25. The van der Waals surface area contributed by atoms with Crippen molar-refractivity contribution in [2.45, 2.75) is 44.4 Å². The summed E-state index contributed by atoms with van der Waals surface area (Å²) < 4.78 is 34.3. The van der Waals surface area contributed by atoms with Crippen LogP contribution in [0.5, 0.6) is 0 Å². The Kier molecular flexibility index (Phi) is 8.00. The molecule has 0 unspecified atom stereocenters. The van der Waals surface area contributed by atoms with Crippen LogP contribution in [0.2, 0.25) is 0 Å². The average Bonchev–Trinajstić information content (AvgIpc) is 2.73. The number of sulfonamides is 1. The monoisotopic (exact) mass is 419 g/mol. The minimum Gasteiger partial charge on any atom is -0.379 e. The molecule has 7 heteroatoms. The Hall–Kier alpha value is -1.54. The number of aryl methyl sites for hydroxylation is 1. The molecule has 1 aromatic heterocycles. The summed E-state index contributed by atoms with van der Waals surface area (Å²) in [6.07, 6.45) is 5.93. The molecular weight excluding hydrogens is 386 g/mol. The van der Waals surface area contributed by atoms with Crippen molar-refractivity contribution in [3.8, 4) is 0 Å². The molecule has 0 saturated carbocycles. The molecule has 1 aliphatic heterocycles. The van der Waals surface area contributed by atoms with Crippen molar-refractivity contribution in [2.24, 2.45) is 0 Å². The molecule has 0 aliphatic carbocycles. The van der Waals surface area contributed by atoms with E-state index in [9.17, 15) is 8.42 Å². The second kappa shape index (κ2) is 10.5. The number of rotatable bonds is 10. The molecule has 0 bridgehead atoms. The van der Waals surface area contributed by atoms with Crippen molar-refractivity contribution in [3.63, 3.8) is 0 Å². The molecule has 1 saturated heterocycles. The van der Waals surface area contributed by atoms with E-state index >= 15 is 0 Å². The van der Waals surface area contributed by atoms with Gasteiger partial charge in [-0.25, -0.2) is 8.42 Å². The maximum atomic E-state index is 13.6. The van der Waals surface area contributed by atoms with Gasteiger partial charge in [0.15, 0.2) is 0 Å². The van der Waals surface area contributed by atoms with Gasteiger partial charge in [0, 0.05) is 44.3 Å². The molecule has 1 aromatic carbocycles. The van der Waals surface area contributed by atoms with E-state index in [-0.39, 0.29) is 0 Å². The molecule has 160 valence electrons. The Balaban J connectivity index is 1.83. The number of nitrogens with zero attached hydrogens (tertiary/aromatic N) is 3. The van der Waals surface area contributed by atoms with Crippen LogP contribution >= 0.6 is 0 Å². The second-order valence-corrected chi connectivity index (χ2v) is 9.67. The molecule has 0 radical (unpaired) electrons. The third-order valence-corrected chi connectivity index (χ3v) is 7.39. The molecule has 2 aromatic rings. The maximum Gasteiger partial charge on any atom is 0.245 e. The Bertz CT molecular complexity index is 895. The molecule has 6 nitrogen and oxygen atoms in total. The lowest BCUT2D eigenvalue weighted by molar-refractivity contribution is 0.0363. The number of morpholine rings is 1. The number of ether oxygens (including phenoxy) is 1. The molecule has 0 N–H and O–H groups in total. The highest BCUT2D eigenvalue weighted by Gasteiger charge is 2.27. The summed E-state index contributed by atoms with van der Waals surface area (Å²) >= 11 is 0. The van der Waals surface area contributed by atoms with Gasteiger partial charge in [-0.15, -0.1) is 0 Å². The lowest BCUT2D eigenvalue weighted by atomic mass is 10.2. The van der Waals surface area contributed by atoms with Crippen LogP contribution in [0.4, 0.5) is 0 Å². The maximum absolute atomic E-state index is 13.6. The quantitative estimate of drug-likeness (QED) is 0.552. The Morgan fingerprint density at radius 1 is 1.14 bits per heavy atom. The van der Waals surface area contributed by atoms with E-state index < -0.39 is 10.0 Å². The predicted octanol–water partition coefficient (Wildman–Crippen LogP) is 3.45. The molecule has 1 aliphatic rings. The first-order valence-corrected chi connectivity index (χ1v) is 12.1. The highest BCUT2D eigenvalue weighted by molar-refractivity contribution is 7.89. The largest absolute Gasteiger partial charge is 0.379 e. The van der Waals surface area contributed by atoms with Crippen LogP contribution in [-0.4, -0.2) is 68.5 Å². The summed E-state index contributed by atoms with van der Waals surface area (Å²) in [7, 11) is -3.62. The third-order valence-electron chi connectivity index (χ3n) is 5.46. The smallest absolute Gasteiger partial charge is 0.245 e. The van der Waals surface area contributed by atoms with E-state index in [1.54, 1.807) is 16.6 Å². The predicted molar refractivity (Wildman–Crippen MR) is 117 cm³/mol. The van der Waals surface area contributed by atoms with Crippen LogP contribution in [-0.2, 0) is 14.8 Å². The van der Waals surface area contributed by atoms with Gasteiger partial charge in [0.05, 0.1) is 18.7 Å². The van der Waals surface area contributed by atoms with Crippen LogP contribution in [0.15, 0.2) is 35.4 Å². The second-order valence-electron chi connectivity index (χ2n) is 7.76. The van der Waals surface area contributed by atoms with Crippen LogP contribution < -0.4 is 0 Å². The zero-order chi connectivity index (χ0) is 20.7. The zero-order valence-electron chi connectivity index (χ0n) is 17.6. The molecular formula is C22H33N3O3S. The van der Waals surface area contributed by atoms with Gasteiger partial charge in [-0.05, 0) is 31.0 Å². The summed E-state index contributed by atoms with van der Waals surface area (Å²) in [4.78, 5) is 7.05. The molecule has 2 heterocycles. The number of hydrogen-bond acceptors (Lipinski definition) is 5. The number of benzene rings is 1. The summed E-state index contributed by atoms with van der Waals surface area (Å²) in [5, 5.41) is 0.866. The standard InChI is InChI=1S/C22H33N3O3S/c1-3-4-5-6-10-25(12-11-24-13-15-28-16-14-24)29(26,27)21-9-7-8-20-17-19(2)18-23-22(20)21/h7-9,17-18H,3-6,10-16H2,1-2H3. The number of aromatic nitrogens is 1. The first kappa shape index (κ1) is 22.2. The van der Waals surface area contributed by atoms with Crippen LogP contribution in [0.1, 0.15) is 38.2 Å². The molecule has 0 amide bonds. The Morgan fingerprint density at radius 3 is 2.69 bits per heavy atom. The van der Waals surface area contributed by atoms with Crippen LogP contribution in [0.25, 0.3) is 10.9 Å². The van der Waals surface area contributed by atoms with Gasteiger partial charge in [0.2, 0.25) is 10.0 Å². The van der Waals surface area contributed by atoms with Crippen molar-refractivity contribution in [1.82, 2.24) is 14.2 Å². The minimum absolute atomic E-state index is 0.312. The van der Waals surface area contributed by atoms with Crippen molar-refractivity contribution >= 4 is 20.9 Å². The number of hydrogen-bond donors (Lipinski definition) is 0. The topological polar surface area (TPSA) is 62.7 Å². The lowest BCUT2D eigenvalue weighted by Gasteiger charge is -2.30. The van der Waals surface area contributed by atoms with Gasteiger partial charge in [0.25, 0.3) is 0 Å². The fraction of sp³-hybridized carbons (Fsp3) is 0.591. The third kappa shape index (κ3) is 5.75. The molecule has 29 heavy (non-hydrogen) atoms. The van der Waals surface area contributed by atoms with E-state index in [2.05, 4.69) is 16.8 Å². The van der Waals surface area contributed by atoms with Crippen LogP contribution in [0.3, 0.4) is 0 Å². The van der Waals surface area contributed by atoms with Crippen molar-refractivity contribution in [1.29, 1.82) is 0 Å². The average molecular weight is 420 g/mol. The van der Waals surface area contributed by atoms with E-state index in [1.165, 1.54) is 0 Å². The number of pyridine rings is 1. The zero-order valence-corrected chi connectivity index (χ0v) is 18.5. The van der Waals surface area contributed by atoms with Crippen molar-refractivity contribution in [3.05, 3.63) is 36.0 Å². The first-order chi connectivity index (χ1) is 14.0. The summed E-state index contributed by atoms with van der Waals surface area (Å²) in [6, 6.07) is 7.41. The van der Waals surface area contributed by atoms with Gasteiger partial charge in [0.1, 0.15) is 4.90 Å². The fourth-order valence-electron chi connectivity index (χ4n) is 3.73. The first-order valence-electron chi connectivity index (χ1n) is 10.7. The van der Waals surface area contributed by atoms with Crippen molar-refractivity contribution in [2.75, 3.05) is 45.9 Å².